The molecule has 0 aliphatic carbocycles. The molecule has 124 valence electrons. The van der Waals surface area contributed by atoms with Gasteiger partial charge in [0.1, 0.15) is 12.4 Å². The van der Waals surface area contributed by atoms with E-state index in [0.29, 0.717) is 6.54 Å². The highest BCUT2D eigenvalue weighted by atomic mass is 16.2. The summed E-state index contributed by atoms with van der Waals surface area (Å²) in [5, 5.41) is 4.18. The lowest BCUT2D eigenvalue weighted by atomic mass is 9.99. The zero-order valence-corrected chi connectivity index (χ0v) is 13.7. The van der Waals surface area contributed by atoms with E-state index < -0.39 is 0 Å². The number of aromatic nitrogens is 5. The second-order valence-electron chi connectivity index (χ2n) is 6.19. The van der Waals surface area contributed by atoms with Gasteiger partial charge in [0, 0.05) is 31.2 Å². The summed E-state index contributed by atoms with van der Waals surface area (Å²) in [7, 11) is 0. The molecule has 1 aliphatic rings. The molecule has 1 aliphatic heterocycles. The van der Waals surface area contributed by atoms with Gasteiger partial charge in [0.05, 0.1) is 17.9 Å². The maximum absolute atomic E-state index is 12.8. The van der Waals surface area contributed by atoms with Crippen LogP contribution in [0, 0.1) is 6.92 Å². The Balaban J connectivity index is 1.60. The van der Waals surface area contributed by atoms with Crippen molar-refractivity contribution in [2.24, 2.45) is 0 Å². The minimum atomic E-state index is 0.0370. The van der Waals surface area contributed by atoms with Crippen LogP contribution in [0.5, 0.6) is 0 Å². The first kappa shape index (κ1) is 14.9. The Kier molecular flexibility index (Phi) is 3.76. The van der Waals surface area contributed by atoms with Crippen molar-refractivity contribution in [3.63, 3.8) is 0 Å². The van der Waals surface area contributed by atoms with Crippen LogP contribution >= 0.6 is 0 Å². The third-order valence-electron chi connectivity index (χ3n) is 4.67. The van der Waals surface area contributed by atoms with Crippen LogP contribution in [0.4, 0.5) is 0 Å². The number of amides is 1. The number of rotatable bonds is 3. The first-order valence-corrected chi connectivity index (χ1v) is 8.30. The van der Waals surface area contributed by atoms with E-state index in [4.69, 9.17) is 4.98 Å². The van der Waals surface area contributed by atoms with E-state index in [1.54, 1.807) is 16.9 Å². The van der Waals surface area contributed by atoms with Crippen molar-refractivity contribution in [3.05, 3.63) is 48.4 Å². The molecule has 4 rings (SSSR count). The fourth-order valence-corrected chi connectivity index (χ4v) is 3.36. The molecular weight excluding hydrogens is 304 g/mol. The summed E-state index contributed by atoms with van der Waals surface area (Å²) >= 11 is 0. The average Bonchev–Trinajstić information content (AvgIpc) is 3.23. The molecule has 0 bridgehead atoms. The van der Waals surface area contributed by atoms with Crippen LogP contribution in [0.3, 0.4) is 0 Å². The van der Waals surface area contributed by atoms with Crippen LogP contribution in [0.2, 0.25) is 0 Å². The number of fused-ring (bicyclic) bond motifs is 1. The molecule has 3 aromatic heterocycles. The van der Waals surface area contributed by atoms with Crippen LogP contribution in [-0.2, 0) is 11.3 Å². The SMILES string of the molecule is Cc1nccn1CC(=O)N1CCCC[C@H]1c1ccn2nccc2n1. The molecule has 3 aromatic rings. The lowest BCUT2D eigenvalue weighted by molar-refractivity contribution is -0.135. The van der Waals surface area contributed by atoms with E-state index in [-0.39, 0.29) is 11.9 Å². The molecule has 1 atom stereocenters. The molecule has 24 heavy (non-hydrogen) atoms. The molecule has 4 heterocycles. The number of hydrogen-bond acceptors (Lipinski definition) is 4. The fourth-order valence-electron chi connectivity index (χ4n) is 3.36. The minimum Gasteiger partial charge on any atom is -0.333 e. The Morgan fingerprint density at radius 1 is 1.25 bits per heavy atom. The summed E-state index contributed by atoms with van der Waals surface area (Å²) < 4.78 is 3.63. The summed E-state index contributed by atoms with van der Waals surface area (Å²) in [6, 6.07) is 3.89. The summed E-state index contributed by atoms with van der Waals surface area (Å²) in [6.45, 7) is 3.02. The Morgan fingerprint density at radius 2 is 2.17 bits per heavy atom. The third kappa shape index (κ3) is 2.66. The van der Waals surface area contributed by atoms with Gasteiger partial charge in [0.25, 0.3) is 0 Å². The van der Waals surface area contributed by atoms with Gasteiger partial charge < -0.3 is 9.47 Å². The van der Waals surface area contributed by atoms with Gasteiger partial charge in [-0.2, -0.15) is 5.10 Å². The second-order valence-corrected chi connectivity index (χ2v) is 6.19. The van der Waals surface area contributed by atoms with Crippen molar-refractivity contribution >= 4 is 11.6 Å². The Morgan fingerprint density at radius 3 is 3.00 bits per heavy atom. The van der Waals surface area contributed by atoms with Gasteiger partial charge in [-0.25, -0.2) is 14.5 Å². The predicted molar refractivity (Wildman–Crippen MR) is 88.3 cm³/mol. The van der Waals surface area contributed by atoms with Crippen molar-refractivity contribution < 1.29 is 4.79 Å². The lowest BCUT2D eigenvalue weighted by Crippen LogP contribution is -2.40. The third-order valence-corrected chi connectivity index (χ3v) is 4.67. The molecule has 1 saturated heterocycles. The topological polar surface area (TPSA) is 68.3 Å². The van der Waals surface area contributed by atoms with Crippen LogP contribution in [0.25, 0.3) is 5.65 Å². The number of carbonyl (C=O) groups excluding carboxylic acids is 1. The summed E-state index contributed by atoms with van der Waals surface area (Å²) in [5.74, 6) is 0.978. The van der Waals surface area contributed by atoms with E-state index in [1.165, 1.54) is 0 Å². The van der Waals surface area contributed by atoms with Gasteiger partial charge in [-0.1, -0.05) is 0 Å². The highest BCUT2D eigenvalue weighted by molar-refractivity contribution is 5.76. The van der Waals surface area contributed by atoms with Crippen molar-refractivity contribution in [3.8, 4) is 0 Å². The van der Waals surface area contributed by atoms with E-state index in [0.717, 1.165) is 43.0 Å². The molecule has 0 aromatic carbocycles. The average molecular weight is 324 g/mol. The fraction of sp³-hybridized carbons (Fsp3) is 0.412. The quantitative estimate of drug-likeness (QED) is 0.739. The minimum absolute atomic E-state index is 0.0370. The zero-order chi connectivity index (χ0) is 16.5. The molecule has 0 unspecified atom stereocenters. The molecule has 0 saturated carbocycles. The molecule has 7 nitrogen and oxygen atoms in total. The Hall–Kier alpha value is -2.70. The first-order chi connectivity index (χ1) is 11.7. The van der Waals surface area contributed by atoms with Crippen LogP contribution in [0.1, 0.15) is 36.8 Å². The predicted octanol–water partition coefficient (Wildman–Crippen LogP) is 1.99. The Labute approximate surface area is 139 Å². The van der Waals surface area contributed by atoms with Gasteiger partial charge in [-0.05, 0) is 32.3 Å². The maximum Gasteiger partial charge on any atom is 0.243 e. The number of hydrogen-bond donors (Lipinski definition) is 0. The molecule has 0 N–H and O–H groups in total. The van der Waals surface area contributed by atoms with Gasteiger partial charge in [0.15, 0.2) is 5.65 Å². The summed E-state index contributed by atoms with van der Waals surface area (Å²) in [4.78, 5) is 23.7. The van der Waals surface area contributed by atoms with Crippen molar-refractivity contribution in [2.75, 3.05) is 6.54 Å². The number of imidazole rings is 1. The summed E-state index contributed by atoms with van der Waals surface area (Å²) in [5.41, 5.74) is 1.76. The van der Waals surface area contributed by atoms with Crippen LogP contribution in [-0.4, -0.2) is 41.5 Å². The molecule has 0 radical (unpaired) electrons. The molecule has 7 heteroatoms. The van der Waals surface area contributed by atoms with Crippen molar-refractivity contribution in [2.45, 2.75) is 38.8 Å². The van der Waals surface area contributed by atoms with Gasteiger partial charge in [-0.3, -0.25) is 4.79 Å². The van der Waals surface area contributed by atoms with Crippen LogP contribution in [0.15, 0.2) is 36.9 Å². The first-order valence-electron chi connectivity index (χ1n) is 8.30. The Bertz CT molecular complexity index is 867. The van der Waals surface area contributed by atoms with Crippen molar-refractivity contribution in [1.29, 1.82) is 0 Å². The molecular formula is C17H20N6O. The lowest BCUT2D eigenvalue weighted by Gasteiger charge is -2.35. The van der Waals surface area contributed by atoms with E-state index >= 15 is 0 Å². The molecule has 0 spiro atoms. The maximum atomic E-state index is 12.8. The highest BCUT2D eigenvalue weighted by Gasteiger charge is 2.29. The van der Waals surface area contributed by atoms with E-state index in [2.05, 4.69) is 10.1 Å². The monoisotopic (exact) mass is 324 g/mol. The van der Waals surface area contributed by atoms with Crippen LogP contribution < -0.4 is 0 Å². The normalized spacial score (nSPS) is 18.2. The molecule has 1 amide bonds. The standard InChI is InChI=1S/C17H20N6O/c1-13-18-8-11-21(13)12-17(24)22-9-3-2-4-15(22)14-6-10-23-16(20-14)5-7-19-23/h5-8,10-11,15H,2-4,9,12H2,1H3/t15-/m0/s1. The van der Waals surface area contributed by atoms with Gasteiger partial charge in [-0.15, -0.1) is 0 Å². The number of likely N-dealkylation sites (tertiary alicyclic amines) is 1. The van der Waals surface area contributed by atoms with E-state index in [1.807, 2.05) is 40.9 Å². The number of nitrogens with zero attached hydrogens (tertiary/aromatic N) is 6. The van der Waals surface area contributed by atoms with Gasteiger partial charge in [0.2, 0.25) is 5.91 Å². The van der Waals surface area contributed by atoms with E-state index in [9.17, 15) is 4.79 Å². The number of piperidine rings is 1. The smallest absolute Gasteiger partial charge is 0.243 e. The zero-order valence-electron chi connectivity index (χ0n) is 13.7. The van der Waals surface area contributed by atoms with Crippen molar-refractivity contribution in [1.82, 2.24) is 29.0 Å². The largest absolute Gasteiger partial charge is 0.333 e. The number of aryl methyl sites for hydroxylation is 1. The van der Waals surface area contributed by atoms with Gasteiger partial charge >= 0.3 is 0 Å². The second kappa shape index (κ2) is 6.07. The summed E-state index contributed by atoms with van der Waals surface area (Å²) in [6.07, 6.45) is 10.3. The molecule has 1 fully saturated rings. The number of carbonyl (C=O) groups is 1. The highest BCUT2D eigenvalue weighted by Crippen LogP contribution is 2.30.